The molecule has 0 amide bonds. The van der Waals surface area contributed by atoms with Crippen molar-refractivity contribution < 1.29 is 0 Å². The summed E-state index contributed by atoms with van der Waals surface area (Å²) in [5.74, 6) is 0.559. The summed E-state index contributed by atoms with van der Waals surface area (Å²) in [6.45, 7) is 10.4. The minimum Gasteiger partial charge on any atom is -0.103 e. The van der Waals surface area contributed by atoms with Crippen LogP contribution in [0.15, 0.2) is 48.6 Å². The SMILES string of the molecule is C=CC(C)C/C(C)=C(\C)c1ccccc1. The fourth-order valence-corrected chi connectivity index (χ4v) is 1.65. The van der Waals surface area contributed by atoms with Crippen LogP contribution in [0.5, 0.6) is 0 Å². The average Bonchev–Trinajstić information content (AvgIpc) is 2.29. The van der Waals surface area contributed by atoms with Crippen molar-refractivity contribution in [1.29, 1.82) is 0 Å². The summed E-state index contributed by atoms with van der Waals surface area (Å²) in [5.41, 5.74) is 4.17. The molecule has 1 aromatic rings. The third-order valence-corrected chi connectivity index (χ3v) is 2.88. The first-order valence-corrected chi connectivity index (χ1v) is 5.49. The molecule has 0 aliphatic rings. The van der Waals surface area contributed by atoms with Gasteiger partial charge in [-0.05, 0) is 37.3 Å². The largest absolute Gasteiger partial charge is 0.103 e. The molecule has 0 saturated carbocycles. The van der Waals surface area contributed by atoms with Gasteiger partial charge in [0.05, 0.1) is 0 Å². The maximum absolute atomic E-state index is 3.82. The molecule has 0 bridgehead atoms. The second-order valence-electron chi connectivity index (χ2n) is 4.19. The zero-order valence-electron chi connectivity index (χ0n) is 9.96. The van der Waals surface area contributed by atoms with Crippen molar-refractivity contribution in [2.45, 2.75) is 27.2 Å². The van der Waals surface area contributed by atoms with Crippen molar-refractivity contribution in [3.05, 3.63) is 54.1 Å². The van der Waals surface area contributed by atoms with Crippen LogP contribution in [0.3, 0.4) is 0 Å². The van der Waals surface area contributed by atoms with Gasteiger partial charge in [-0.2, -0.15) is 0 Å². The number of allylic oxidation sites excluding steroid dienone is 3. The van der Waals surface area contributed by atoms with Crippen molar-refractivity contribution in [2.75, 3.05) is 0 Å². The maximum Gasteiger partial charge on any atom is -0.0227 e. The second-order valence-corrected chi connectivity index (χ2v) is 4.19. The van der Waals surface area contributed by atoms with Crippen LogP contribution in [-0.2, 0) is 0 Å². The fourth-order valence-electron chi connectivity index (χ4n) is 1.65. The lowest BCUT2D eigenvalue weighted by Crippen LogP contribution is -1.92. The van der Waals surface area contributed by atoms with E-state index in [0.717, 1.165) is 6.42 Å². The van der Waals surface area contributed by atoms with Crippen LogP contribution < -0.4 is 0 Å². The Morgan fingerprint density at radius 1 is 1.27 bits per heavy atom. The van der Waals surface area contributed by atoms with Crippen LogP contribution in [0.1, 0.15) is 32.8 Å². The summed E-state index contributed by atoms with van der Waals surface area (Å²) < 4.78 is 0. The van der Waals surface area contributed by atoms with Gasteiger partial charge in [-0.15, -0.1) is 6.58 Å². The average molecular weight is 200 g/mol. The molecule has 1 aromatic carbocycles. The summed E-state index contributed by atoms with van der Waals surface area (Å²) in [5, 5.41) is 0. The van der Waals surface area contributed by atoms with Gasteiger partial charge < -0.3 is 0 Å². The molecule has 0 heterocycles. The lowest BCUT2D eigenvalue weighted by atomic mass is 9.95. The van der Waals surface area contributed by atoms with E-state index in [2.05, 4.69) is 57.7 Å². The zero-order chi connectivity index (χ0) is 11.3. The van der Waals surface area contributed by atoms with Crippen LogP contribution >= 0.6 is 0 Å². The molecule has 1 unspecified atom stereocenters. The smallest absolute Gasteiger partial charge is 0.0227 e. The monoisotopic (exact) mass is 200 g/mol. The van der Waals surface area contributed by atoms with Crippen LogP contribution in [0.2, 0.25) is 0 Å². The number of benzene rings is 1. The highest BCUT2D eigenvalue weighted by Crippen LogP contribution is 2.22. The number of rotatable bonds is 4. The standard InChI is InChI=1S/C15H20/c1-5-12(2)11-13(3)14(4)15-9-7-6-8-10-15/h5-10,12H,1,11H2,2-4H3/b14-13+. The van der Waals surface area contributed by atoms with E-state index in [9.17, 15) is 0 Å². The molecule has 0 aromatic heterocycles. The van der Waals surface area contributed by atoms with Crippen molar-refractivity contribution in [2.24, 2.45) is 5.92 Å². The molecule has 1 rings (SSSR count). The molecular weight excluding hydrogens is 180 g/mol. The molecule has 1 atom stereocenters. The maximum atomic E-state index is 3.82. The van der Waals surface area contributed by atoms with E-state index in [1.54, 1.807) is 0 Å². The third kappa shape index (κ3) is 3.39. The third-order valence-electron chi connectivity index (χ3n) is 2.88. The molecule has 0 fully saturated rings. The van der Waals surface area contributed by atoms with Gasteiger partial charge in [0.1, 0.15) is 0 Å². The molecule has 0 nitrogen and oxygen atoms in total. The van der Waals surface area contributed by atoms with Crippen molar-refractivity contribution in [1.82, 2.24) is 0 Å². The number of hydrogen-bond donors (Lipinski definition) is 0. The lowest BCUT2D eigenvalue weighted by molar-refractivity contribution is 0.719. The highest BCUT2D eigenvalue weighted by atomic mass is 14.1. The Morgan fingerprint density at radius 2 is 1.87 bits per heavy atom. The summed E-state index contributed by atoms with van der Waals surface area (Å²) in [6.07, 6.45) is 3.12. The molecule has 0 aliphatic carbocycles. The second kappa shape index (κ2) is 5.55. The molecule has 0 spiro atoms. The summed E-state index contributed by atoms with van der Waals surface area (Å²) in [6, 6.07) is 10.6. The summed E-state index contributed by atoms with van der Waals surface area (Å²) in [7, 11) is 0. The van der Waals surface area contributed by atoms with Crippen molar-refractivity contribution >= 4 is 5.57 Å². The summed E-state index contributed by atoms with van der Waals surface area (Å²) in [4.78, 5) is 0. The lowest BCUT2D eigenvalue weighted by Gasteiger charge is -2.10. The van der Waals surface area contributed by atoms with Gasteiger partial charge in [0, 0.05) is 0 Å². The molecule has 15 heavy (non-hydrogen) atoms. The Labute approximate surface area is 93.3 Å². The molecule has 0 N–H and O–H groups in total. The van der Waals surface area contributed by atoms with E-state index >= 15 is 0 Å². The number of hydrogen-bond acceptors (Lipinski definition) is 0. The highest BCUT2D eigenvalue weighted by Gasteiger charge is 2.03. The minimum atomic E-state index is 0.559. The van der Waals surface area contributed by atoms with Crippen LogP contribution in [-0.4, -0.2) is 0 Å². The molecule has 80 valence electrons. The van der Waals surface area contributed by atoms with Crippen LogP contribution in [0.25, 0.3) is 5.57 Å². The van der Waals surface area contributed by atoms with Gasteiger partial charge in [-0.3, -0.25) is 0 Å². The van der Waals surface area contributed by atoms with Crippen molar-refractivity contribution in [3.8, 4) is 0 Å². The topological polar surface area (TPSA) is 0 Å². The van der Waals surface area contributed by atoms with E-state index in [-0.39, 0.29) is 0 Å². The van der Waals surface area contributed by atoms with E-state index in [1.807, 2.05) is 6.08 Å². The van der Waals surface area contributed by atoms with Gasteiger partial charge in [0.15, 0.2) is 0 Å². The minimum absolute atomic E-state index is 0.559. The molecule has 0 aliphatic heterocycles. The van der Waals surface area contributed by atoms with Crippen molar-refractivity contribution in [3.63, 3.8) is 0 Å². The first-order chi connectivity index (χ1) is 7.15. The molecule has 0 radical (unpaired) electrons. The first kappa shape index (κ1) is 11.8. The Hall–Kier alpha value is -1.30. The normalized spacial score (nSPS) is 14.3. The molecular formula is C15H20. The Bertz CT molecular complexity index is 344. The Balaban J connectivity index is 2.86. The molecule has 0 heteroatoms. The van der Waals surface area contributed by atoms with E-state index in [1.165, 1.54) is 16.7 Å². The predicted octanol–water partition coefficient (Wildman–Crippen LogP) is 4.69. The van der Waals surface area contributed by atoms with Crippen LogP contribution in [0, 0.1) is 5.92 Å². The van der Waals surface area contributed by atoms with Crippen LogP contribution in [0.4, 0.5) is 0 Å². The quantitative estimate of drug-likeness (QED) is 0.618. The van der Waals surface area contributed by atoms with Gasteiger partial charge in [-0.25, -0.2) is 0 Å². The summed E-state index contributed by atoms with van der Waals surface area (Å²) >= 11 is 0. The van der Waals surface area contributed by atoms with E-state index in [0.29, 0.717) is 5.92 Å². The van der Waals surface area contributed by atoms with E-state index in [4.69, 9.17) is 0 Å². The highest BCUT2D eigenvalue weighted by molar-refractivity contribution is 5.66. The first-order valence-electron chi connectivity index (χ1n) is 5.49. The zero-order valence-corrected chi connectivity index (χ0v) is 9.96. The van der Waals surface area contributed by atoms with Gasteiger partial charge in [0.2, 0.25) is 0 Å². The molecule has 0 saturated heterocycles. The van der Waals surface area contributed by atoms with Gasteiger partial charge in [0.25, 0.3) is 0 Å². The fraction of sp³-hybridized carbons (Fsp3) is 0.333. The predicted molar refractivity (Wildman–Crippen MR) is 68.7 cm³/mol. The Kier molecular flexibility index (Phi) is 4.36. The van der Waals surface area contributed by atoms with E-state index < -0.39 is 0 Å². The van der Waals surface area contributed by atoms with Gasteiger partial charge in [-0.1, -0.05) is 48.9 Å². The van der Waals surface area contributed by atoms with Gasteiger partial charge >= 0.3 is 0 Å². The Morgan fingerprint density at radius 3 is 2.40 bits per heavy atom.